The van der Waals surface area contributed by atoms with Crippen LogP contribution < -0.4 is 0 Å². The zero-order valence-corrected chi connectivity index (χ0v) is 10.6. The van der Waals surface area contributed by atoms with Crippen LogP contribution in [-0.4, -0.2) is 16.2 Å². The number of carboxylic acids is 1. The number of halogens is 1. The van der Waals surface area contributed by atoms with Gasteiger partial charge in [-0.3, -0.25) is 0 Å². The number of rotatable bonds is 2. The van der Waals surface area contributed by atoms with Gasteiger partial charge < -0.3 is 10.2 Å². The highest BCUT2D eigenvalue weighted by molar-refractivity contribution is 9.08. The van der Waals surface area contributed by atoms with Gasteiger partial charge in [-0.2, -0.15) is 0 Å². The second kappa shape index (κ2) is 8.16. The van der Waals surface area contributed by atoms with Gasteiger partial charge in [0.2, 0.25) is 0 Å². The molecule has 1 aromatic rings. The van der Waals surface area contributed by atoms with Gasteiger partial charge in [-0.05, 0) is 24.6 Å². The van der Waals surface area contributed by atoms with Gasteiger partial charge in [0.25, 0.3) is 0 Å². The minimum atomic E-state index is -1.02. The van der Waals surface area contributed by atoms with Crippen LogP contribution in [0.3, 0.4) is 0 Å². The molecule has 1 aromatic carbocycles. The molecule has 0 fully saturated rings. The first-order chi connectivity index (χ1) is 7.06. The van der Waals surface area contributed by atoms with E-state index in [0.717, 1.165) is 5.56 Å². The molecule has 0 bridgehead atoms. The van der Waals surface area contributed by atoms with Gasteiger partial charge in [0.15, 0.2) is 0 Å². The van der Waals surface area contributed by atoms with Crippen LogP contribution in [0, 0.1) is 6.92 Å². The third-order valence-corrected chi connectivity index (χ3v) is 2.47. The lowest BCUT2D eigenvalue weighted by Gasteiger charge is -2.05. The first-order valence-electron chi connectivity index (χ1n) is 4.68. The van der Waals surface area contributed by atoms with E-state index in [2.05, 4.69) is 15.9 Å². The van der Waals surface area contributed by atoms with E-state index in [9.17, 15) is 9.90 Å². The molecular weight excluding hydrogens is 272 g/mol. The lowest BCUT2D eigenvalue weighted by molar-refractivity contribution is 0.0695. The summed E-state index contributed by atoms with van der Waals surface area (Å²) in [4.78, 5) is 10.7. The van der Waals surface area contributed by atoms with Gasteiger partial charge in [-0.25, -0.2) is 4.79 Å². The molecule has 0 aliphatic rings. The standard InChI is InChI=1S/C9H9BrO3.C2H6.CH4/c1-5-7(9(12)13)2-6(4-10)3-8(5)11;1-2;/h2-3,11H,4H2,1H3,(H,12,13);1-2H3;1H4. The third-order valence-electron chi connectivity index (χ3n) is 1.82. The second-order valence-corrected chi connectivity index (χ2v) is 3.29. The first kappa shape index (κ1) is 17.4. The van der Waals surface area contributed by atoms with Crippen molar-refractivity contribution in [1.82, 2.24) is 0 Å². The SMILES string of the molecule is C.CC.Cc1c(O)cc(CBr)cc1C(=O)O. The molecule has 0 atom stereocenters. The highest BCUT2D eigenvalue weighted by Crippen LogP contribution is 2.23. The number of hydrogen-bond acceptors (Lipinski definition) is 2. The molecule has 0 saturated carbocycles. The van der Waals surface area contributed by atoms with Gasteiger partial charge in [0.05, 0.1) is 5.56 Å². The Hall–Kier alpha value is -1.03. The van der Waals surface area contributed by atoms with E-state index in [1.165, 1.54) is 0 Å². The number of aromatic hydroxyl groups is 1. The summed E-state index contributed by atoms with van der Waals surface area (Å²) < 4.78 is 0. The summed E-state index contributed by atoms with van der Waals surface area (Å²) in [6, 6.07) is 3.10. The topological polar surface area (TPSA) is 57.5 Å². The predicted molar refractivity (Wildman–Crippen MR) is 70.5 cm³/mol. The molecule has 2 N–H and O–H groups in total. The number of carbonyl (C=O) groups is 1. The predicted octanol–water partition coefficient (Wildman–Crippen LogP) is 3.96. The molecule has 4 heteroatoms. The summed E-state index contributed by atoms with van der Waals surface area (Å²) in [5, 5.41) is 18.7. The monoisotopic (exact) mass is 290 g/mol. The van der Waals surface area contributed by atoms with E-state index >= 15 is 0 Å². The number of phenolic OH excluding ortho intramolecular Hbond substituents is 1. The van der Waals surface area contributed by atoms with Crippen LogP contribution in [0.5, 0.6) is 5.75 Å². The quantitative estimate of drug-likeness (QED) is 0.811. The van der Waals surface area contributed by atoms with Crippen LogP contribution >= 0.6 is 15.9 Å². The Kier molecular flexibility index (Phi) is 8.86. The molecule has 3 nitrogen and oxygen atoms in total. The molecule has 0 aliphatic heterocycles. The number of alkyl halides is 1. The molecular formula is C12H19BrO3. The van der Waals surface area contributed by atoms with Crippen LogP contribution in [-0.2, 0) is 5.33 Å². The normalized spacial score (nSPS) is 8.50. The van der Waals surface area contributed by atoms with Gasteiger partial charge in [-0.1, -0.05) is 37.2 Å². The molecule has 0 aromatic heterocycles. The Morgan fingerprint density at radius 3 is 2.25 bits per heavy atom. The summed E-state index contributed by atoms with van der Waals surface area (Å²) >= 11 is 3.20. The molecule has 0 amide bonds. The fraction of sp³-hybridized carbons (Fsp3) is 0.417. The van der Waals surface area contributed by atoms with E-state index in [-0.39, 0.29) is 18.7 Å². The number of aromatic carboxylic acids is 1. The minimum absolute atomic E-state index is 0. The highest BCUT2D eigenvalue weighted by Gasteiger charge is 2.11. The van der Waals surface area contributed by atoms with E-state index in [1.54, 1.807) is 19.1 Å². The number of carboxylic acid groups (broad SMARTS) is 1. The van der Waals surface area contributed by atoms with Crippen LogP contribution in [0.2, 0.25) is 0 Å². The molecule has 0 spiro atoms. The van der Waals surface area contributed by atoms with Gasteiger partial charge in [0.1, 0.15) is 5.75 Å². The lowest BCUT2D eigenvalue weighted by Crippen LogP contribution is -2.00. The molecule has 0 radical (unpaired) electrons. The fourth-order valence-corrected chi connectivity index (χ4v) is 1.38. The summed E-state index contributed by atoms with van der Waals surface area (Å²) in [6.07, 6.45) is 0. The maximum atomic E-state index is 10.7. The lowest BCUT2D eigenvalue weighted by atomic mass is 10.0. The Morgan fingerprint density at radius 2 is 1.88 bits per heavy atom. The molecule has 0 aliphatic carbocycles. The molecule has 0 heterocycles. The fourth-order valence-electron chi connectivity index (χ4n) is 1.06. The van der Waals surface area contributed by atoms with Crippen LogP contribution in [0.15, 0.2) is 12.1 Å². The molecule has 1 rings (SSSR count). The van der Waals surface area contributed by atoms with Gasteiger partial charge in [0, 0.05) is 10.9 Å². The van der Waals surface area contributed by atoms with Crippen molar-refractivity contribution in [2.24, 2.45) is 0 Å². The zero-order valence-electron chi connectivity index (χ0n) is 9.04. The van der Waals surface area contributed by atoms with Crippen molar-refractivity contribution in [3.8, 4) is 5.75 Å². The Bertz CT molecular complexity index is 348. The average Bonchev–Trinajstić information content (AvgIpc) is 2.24. The van der Waals surface area contributed by atoms with E-state index in [1.807, 2.05) is 13.8 Å². The average molecular weight is 291 g/mol. The summed E-state index contributed by atoms with van der Waals surface area (Å²) in [5.74, 6) is -0.995. The van der Waals surface area contributed by atoms with E-state index in [0.29, 0.717) is 10.9 Å². The van der Waals surface area contributed by atoms with E-state index in [4.69, 9.17) is 5.11 Å². The van der Waals surface area contributed by atoms with Crippen molar-refractivity contribution in [1.29, 1.82) is 0 Å². The van der Waals surface area contributed by atoms with Crippen molar-refractivity contribution in [2.45, 2.75) is 33.5 Å². The zero-order chi connectivity index (χ0) is 12.0. The van der Waals surface area contributed by atoms with Gasteiger partial charge in [-0.15, -0.1) is 0 Å². The van der Waals surface area contributed by atoms with Crippen molar-refractivity contribution >= 4 is 21.9 Å². The Morgan fingerprint density at radius 1 is 1.38 bits per heavy atom. The number of benzene rings is 1. The minimum Gasteiger partial charge on any atom is -0.508 e. The summed E-state index contributed by atoms with van der Waals surface area (Å²) in [7, 11) is 0. The highest BCUT2D eigenvalue weighted by atomic mass is 79.9. The summed E-state index contributed by atoms with van der Waals surface area (Å²) in [5.41, 5.74) is 1.30. The largest absolute Gasteiger partial charge is 0.508 e. The third kappa shape index (κ3) is 4.23. The van der Waals surface area contributed by atoms with Crippen molar-refractivity contribution in [3.05, 3.63) is 28.8 Å². The first-order valence-corrected chi connectivity index (χ1v) is 5.80. The summed E-state index contributed by atoms with van der Waals surface area (Å²) in [6.45, 7) is 5.58. The number of phenols is 1. The van der Waals surface area contributed by atoms with Crippen LogP contribution in [0.1, 0.15) is 42.8 Å². The second-order valence-electron chi connectivity index (χ2n) is 2.73. The Labute approximate surface area is 105 Å². The van der Waals surface area contributed by atoms with Crippen LogP contribution in [0.25, 0.3) is 0 Å². The van der Waals surface area contributed by atoms with Crippen molar-refractivity contribution in [2.75, 3.05) is 0 Å². The maximum absolute atomic E-state index is 10.7. The van der Waals surface area contributed by atoms with Gasteiger partial charge >= 0.3 is 5.97 Å². The van der Waals surface area contributed by atoms with Crippen LogP contribution in [0.4, 0.5) is 0 Å². The molecule has 0 unspecified atom stereocenters. The maximum Gasteiger partial charge on any atom is 0.336 e. The molecule has 16 heavy (non-hydrogen) atoms. The van der Waals surface area contributed by atoms with Crippen molar-refractivity contribution in [3.63, 3.8) is 0 Å². The smallest absolute Gasteiger partial charge is 0.336 e. The van der Waals surface area contributed by atoms with E-state index < -0.39 is 5.97 Å². The number of hydrogen-bond donors (Lipinski definition) is 2. The Balaban J connectivity index is 0. The van der Waals surface area contributed by atoms with Crippen molar-refractivity contribution < 1.29 is 15.0 Å². The molecule has 92 valence electrons. The molecule has 0 saturated heterocycles.